The van der Waals surface area contributed by atoms with Crippen LogP contribution < -0.4 is 0 Å². The molecule has 0 aromatic rings. The topological polar surface area (TPSA) is 177 Å². The molecule has 12 nitrogen and oxygen atoms in total. The maximum absolute atomic E-state index is 11.2. The Labute approximate surface area is 296 Å². The van der Waals surface area contributed by atoms with Gasteiger partial charge in [-0.25, -0.2) is 0 Å². The lowest BCUT2D eigenvalue weighted by Crippen LogP contribution is -2.64. The van der Waals surface area contributed by atoms with Crippen molar-refractivity contribution >= 4 is 0 Å². The molecule has 22 atom stereocenters. The maximum atomic E-state index is 11.2. The zero-order valence-corrected chi connectivity index (χ0v) is 30.4. The Morgan fingerprint density at radius 2 is 1.50 bits per heavy atom. The number of hydrogen-bond donors (Lipinski definition) is 6. The van der Waals surface area contributed by atoms with E-state index in [4.69, 9.17) is 28.4 Å². The van der Waals surface area contributed by atoms with Crippen molar-refractivity contribution in [2.75, 3.05) is 13.2 Å². The molecule has 4 aliphatic heterocycles. The van der Waals surface area contributed by atoms with Crippen molar-refractivity contribution in [2.24, 2.45) is 52.3 Å². The first kappa shape index (κ1) is 36.5. The fourth-order valence-electron chi connectivity index (χ4n) is 13.0. The molecule has 286 valence electrons. The second-order valence-corrected chi connectivity index (χ2v) is 18.3. The summed E-state index contributed by atoms with van der Waals surface area (Å²) in [7, 11) is 0. The van der Waals surface area contributed by atoms with E-state index < -0.39 is 73.3 Å². The van der Waals surface area contributed by atoms with Gasteiger partial charge in [-0.3, -0.25) is 0 Å². The van der Waals surface area contributed by atoms with Crippen molar-refractivity contribution in [3.05, 3.63) is 0 Å². The van der Waals surface area contributed by atoms with Crippen LogP contribution in [-0.4, -0.2) is 123 Å². The molecule has 4 aliphatic carbocycles. The summed E-state index contributed by atoms with van der Waals surface area (Å²) < 4.78 is 38.1. The Kier molecular flexibility index (Phi) is 9.55. The van der Waals surface area contributed by atoms with Crippen molar-refractivity contribution in [2.45, 2.75) is 172 Å². The quantitative estimate of drug-likeness (QED) is 0.251. The molecule has 8 fully saturated rings. The highest BCUT2D eigenvalue weighted by Crippen LogP contribution is 2.71. The molecule has 50 heavy (non-hydrogen) atoms. The molecule has 8 rings (SSSR count). The highest BCUT2D eigenvalue weighted by molar-refractivity contribution is 5.16. The lowest BCUT2D eigenvalue weighted by molar-refractivity contribution is -0.366. The smallest absolute Gasteiger partial charge is 0.187 e. The predicted molar refractivity (Wildman–Crippen MR) is 177 cm³/mol. The van der Waals surface area contributed by atoms with Crippen molar-refractivity contribution in [1.29, 1.82) is 0 Å². The Hall–Kier alpha value is -0.480. The molecule has 0 radical (unpaired) electrons. The van der Waals surface area contributed by atoms with Gasteiger partial charge in [0.1, 0.15) is 36.6 Å². The van der Waals surface area contributed by atoms with Crippen LogP contribution in [-0.2, 0) is 28.4 Å². The molecule has 4 saturated heterocycles. The van der Waals surface area contributed by atoms with Gasteiger partial charge < -0.3 is 59.1 Å². The van der Waals surface area contributed by atoms with Crippen LogP contribution in [0, 0.1) is 52.3 Å². The van der Waals surface area contributed by atoms with E-state index in [-0.39, 0.29) is 29.5 Å². The van der Waals surface area contributed by atoms with Gasteiger partial charge in [0, 0.05) is 18.8 Å². The minimum atomic E-state index is -1.59. The second-order valence-electron chi connectivity index (χ2n) is 18.3. The van der Waals surface area contributed by atoms with Gasteiger partial charge >= 0.3 is 0 Å². The first-order valence-electron chi connectivity index (χ1n) is 19.7. The summed E-state index contributed by atoms with van der Waals surface area (Å²) in [5.74, 6) is 2.58. The Morgan fingerprint density at radius 1 is 0.720 bits per heavy atom. The normalized spacial score (nSPS) is 60.9. The van der Waals surface area contributed by atoms with Crippen LogP contribution in [0.4, 0.5) is 0 Å². The van der Waals surface area contributed by atoms with E-state index in [0.717, 1.165) is 58.0 Å². The fraction of sp³-hybridized carbons (Fsp3) is 1.00. The lowest BCUT2D eigenvalue weighted by atomic mass is 9.43. The van der Waals surface area contributed by atoms with Crippen LogP contribution in [0.1, 0.15) is 92.4 Å². The number of aliphatic hydroxyl groups excluding tert-OH is 6. The van der Waals surface area contributed by atoms with Crippen LogP contribution in [0.25, 0.3) is 0 Å². The molecule has 1 spiro atoms. The Bertz CT molecular complexity index is 1230. The largest absolute Gasteiger partial charge is 0.393 e. The van der Waals surface area contributed by atoms with Gasteiger partial charge in [-0.1, -0.05) is 27.7 Å². The molecule has 12 heteroatoms. The van der Waals surface area contributed by atoms with Crippen molar-refractivity contribution in [3.8, 4) is 0 Å². The van der Waals surface area contributed by atoms with Gasteiger partial charge in [-0.2, -0.15) is 0 Å². The van der Waals surface area contributed by atoms with Crippen LogP contribution >= 0.6 is 0 Å². The summed E-state index contributed by atoms with van der Waals surface area (Å²) in [6, 6.07) is 0. The summed E-state index contributed by atoms with van der Waals surface area (Å²) in [6.45, 7) is 11.6. The van der Waals surface area contributed by atoms with E-state index >= 15 is 0 Å². The maximum Gasteiger partial charge on any atom is 0.187 e. The summed E-state index contributed by atoms with van der Waals surface area (Å²) >= 11 is 0. The summed E-state index contributed by atoms with van der Waals surface area (Å²) in [6.07, 6.45) is -3.88. The summed E-state index contributed by atoms with van der Waals surface area (Å²) in [5, 5.41) is 64.2. The van der Waals surface area contributed by atoms with Crippen LogP contribution in [0.15, 0.2) is 0 Å². The zero-order chi connectivity index (χ0) is 35.5. The third-order valence-corrected chi connectivity index (χ3v) is 15.8. The molecule has 4 saturated carbocycles. The zero-order valence-electron chi connectivity index (χ0n) is 30.4. The predicted octanol–water partition coefficient (Wildman–Crippen LogP) is 2.08. The average Bonchev–Trinajstić information content (AvgIpc) is 3.53. The average molecular weight is 711 g/mol. The van der Waals surface area contributed by atoms with Gasteiger partial charge in [-0.05, 0) is 98.2 Å². The van der Waals surface area contributed by atoms with Crippen molar-refractivity contribution in [3.63, 3.8) is 0 Å². The number of aliphatic hydroxyl groups is 6. The van der Waals surface area contributed by atoms with Crippen molar-refractivity contribution < 1.29 is 59.1 Å². The standard InChI is InChI=1S/C38H62O12/c1-17-8-11-38(46-15-17)18(2)28-26(50-38)14-24-22-7-6-20-12-21(39)13-27(37(20,5)23(22)9-10-36(24,28)4)48-35-33(30(42)25(40)16-45-35)49-34-32(44)31(43)29(41)19(3)47-34/h17-35,39-44H,6-16H2,1-5H3/t17-,18-,19-,20-,21-,22+,23-,24-,25+,26-,27-,28-,29-,30-,31+,32+,33+,34-,35-,36-,37-,38+/m0/s1. The fourth-order valence-corrected chi connectivity index (χ4v) is 13.0. The Balaban J connectivity index is 1.03. The number of hydrogen-bond acceptors (Lipinski definition) is 12. The lowest BCUT2D eigenvalue weighted by Gasteiger charge is -2.63. The molecule has 0 amide bonds. The van der Waals surface area contributed by atoms with Gasteiger partial charge in [0.25, 0.3) is 0 Å². The molecule has 0 aromatic heterocycles. The Morgan fingerprint density at radius 3 is 2.24 bits per heavy atom. The molecular weight excluding hydrogens is 648 g/mol. The van der Waals surface area contributed by atoms with E-state index in [0.29, 0.717) is 41.9 Å². The highest BCUT2D eigenvalue weighted by Gasteiger charge is 2.70. The van der Waals surface area contributed by atoms with Crippen LogP contribution in [0.2, 0.25) is 0 Å². The number of rotatable bonds is 4. The van der Waals surface area contributed by atoms with Crippen LogP contribution in [0.5, 0.6) is 0 Å². The molecule has 0 aromatic carbocycles. The SMILES string of the molecule is C[C@H]1CC[C@@]2(OC1)O[C@H]1C[C@H]3[C@@H]4CC[C@H]5C[C@H](O)C[C@H](O[C@@H]6OC[C@@H](O)[C@H](O)[C@H]6O[C@@H]6O[C@@H](C)[C@H](O)[C@@H](O)[C@H]6O)[C@]5(C)[C@H]4CC[C@]3(C)[C@H]1[C@@H]2C. The van der Waals surface area contributed by atoms with Crippen molar-refractivity contribution in [1.82, 2.24) is 0 Å². The van der Waals surface area contributed by atoms with E-state index in [1.165, 1.54) is 0 Å². The molecule has 6 N–H and O–H groups in total. The van der Waals surface area contributed by atoms with Gasteiger partial charge in [0.15, 0.2) is 18.4 Å². The monoisotopic (exact) mass is 710 g/mol. The molecule has 0 unspecified atom stereocenters. The third kappa shape index (κ3) is 5.52. The first-order valence-corrected chi connectivity index (χ1v) is 19.7. The van der Waals surface area contributed by atoms with E-state index in [9.17, 15) is 30.6 Å². The summed E-state index contributed by atoms with van der Waals surface area (Å²) in [5.41, 5.74) is -0.112. The van der Waals surface area contributed by atoms with Gasteiger partial charge in [0.2, 0.25) is 0 Å². The highest BCUT2D eigenvalue weighted by atomic mass is 16.8. The van der Waals surface area contributed by atoms with Gasteiger partial charge in [0.05, 0.1) is 37.6 Å². The van der Waals surface area contributed by atoms with E-state index in [2.05, 4.69) is 27.7 Å². The minimum absolute atomic E-state index is 0.163. The second kappa shape index (κ2) is 13.1. The molecule has 8 aliphatic rings. The first-order chi connectivity index (χ1) is 23.7. The summed E-state index contributed by atoms with van der Waals surface area (Å²) in [4.78, 5) is 0. The molecular formula is C38H62O12. The number of fused-ring (bicyclic) bond motifs is 7. The molecule has 4 heterocycles. The minimum Gasteiger partial charge on any atom is -0.393 e. The van der Waals surface area contributed by atoms with Gasteiger partial charge in [-0.15, -0.1) is 0 Å². The third-order valence-electron chi connectivity index (χ3n) is 15.8. The van der Waals surface area contributed by atoms with Crippen LogP contribution in [0.3, 0.4) is 0 Å². The number of ether oxygens (including phenoxy) is 6. The molecule has 0 bridgehead atoms. The van der Waals surface area contributed by atoms with E-state index in [1.807, 2.05) is 0 Å². The van der Waals surface area contributed by atoms with E-state index in [1.54, 1.807) is 6.92 Å².